The minimum absolute atomic E-state index is 0.918. The number of anilines is 3. The molecule has 3 fully saturated rings. The molecule has 0 amide bonds. The van der Waals surface area contributed by atoms with Crippen molar-refractivity contribution in [1.82, 2.24) is 9.97 Å². The van der Waals surface area contributed by atoms with Gasteiger partial charge in [0, 0.05) is 45.3 Å². The zero-order valence-corrected chi connectivity index (χ0v) is 8.56. The molecule has 4 heterocycles. The summed E-state index contributed by atoms with van der Waals surface area (Å²) in [5, 5.41) is 0. The summed E-state index contributed by atoms with van der Waals surface area (Å²) < 4.78 is 0. The highest BCUT2D eigenvalue weighted by molar-refractivity contribution is 5.60. The van der Waals surface area contributed by atoms with Crippen molar-refractivity contribution in [3.05, 3.63) is 6.07 Å². The SMILES string of the molecule is c1c(N2CC2)nc(N2CC2)nc1N1CC1. The molecule has 15 heavy (non-hydrogen) atoms. The topological polar surface area (TPSA) is 34.8 Å². The summed E-state index contributed by atoms with van der Waals surface area (Å²) in [5.74, 6) is 3.13. The van der Waals surface area contributed by atoms with Crippen molar-refractivity contribution in [3.63, 3.8) is 0 Å². The lowest BCUT2D eigenvalue weighted by atomic mass is 10.5. The molecular formula is C10H13N5. The molecular weight excluding hydrogens is 190 g/mol. The molecule has 5 nitrogen and oxygen atoms in total. The van der Waals surface area contributed by atoms with Crippen molar-refractivity contribution in [2.24, 2.45) is 0 Å². The zero-order chi connectivity index (χ0) is 9.83. The van der Waals surface area contributed by atoms with Crippen LogP contribution in [0.4, 0.5) is 17.6 Å². The van der Waals surface area contributed by atoms with Crippen molar-refractivity contribution in [1.29, 1.82) is 0 Å². The van der Waals surface area contributed by atoms with E-state index in [1.165, 1.54) is 0 Å². The molecule has 3 saturated heterocycles. The van der Waals surface area contributed by atoms with Gasteiger partial charge in [-0.1, -0.05) is 0 Å². The lowest BCUT2D eigenvalue weighted by molar-refractivity contribution is 1.07. The van der Waals surface area contributed by atoms with Crippen LogP contribution in [0.1, 0.15) is 0 Å². The van der Waals surface area contributed by atoms with Crippen molar-refractivity contribution in [2.45, 2.75) is 0 Å². The summed E-state index contributed by atoms with van der Waals surface area (Å²) in [7, 11) is 0. The molecule has 0 aromatic carbocycles. The van der Waals surface area contributed by atoms with E-state index in [2.05, 4.69) is 30.7 Å². The summed E-state index contributed by atoms with van der Waals surface area (Å²) >= 11 is 0. The third-order valence-electron chi connectivity index (χ3n) is 2.96. The van der Waals surface area contributed by atoms with Crippen LogP contribution in [0.3, 0.4) is 0 Å². The molecule has 0 bridgehead atoms. The fourth-order valence-electron chi connectivity index (χ4n) is 1.68. The second-order valence-corrected chi connectivity index (χ2v) is 4.35. The number of rotatable bonds is 3. The smallest absolute Gasteiger partial charge is 0.229 e. The summed E-state index contributed by atoms with van der Waals surface area (Å²) in [4.78, 5) is 15.9. The Kier molecular flexibility index (Phi) is 1.31. The van der Waals surface area contributed by atoms with Crippen LogP contribution in [0, 0.1) is 0 Å². The monoisotopic (exact) mass is 203 g/mol. The molecule has 0 radical (unpaired) electrons. The number of hydrogen-bond donors (Lipinski definition) is 0. The van der Waals surface area contributed by atoms with E-state index in [1.807, 2.05) is 0 Å². The molecule has 5 heteroatoms. The average molecular weight is 203 g/mol. The van der Waals surface area contributed by atoms with Gasteiger partial charge in [0.1, 0.15) is 11.6 Å². The summed E-state index contributed by atoms with van der Waals surface area (Å²) in [5.41, 5.74) is 0. The molecule has 0 saturated carbocycles. The first kappa shape index (κ1) is 7.73. The lowest BCUT2D eigenvalue weighted by Gasteiger charge is -2.09. The van der Waals surface area contributed by atoms with Gasteiger partial charge in [-0.2, -0.15) is 9.97 Å². The third-order valence-corrected chi connectivity index (χ3v) is 2.96. The predicted octanol–water partition coefficient (Wildman–Crippen LogP) is -0.0634. The minimum atomic E-state index is 0.918. The molecule has 3 aliphatic heterocycles. The predicted molar refractivity (Wildman–Crippen MR) is 58.7 cm³/mol. The Morgan fingerprint density at radius 3 is 1.60 bits per heavy atom. The zero-order valence-electron chi connectivity index (χ0n) is 8.56. The van der Waals surface area contributed by atoms with Crippen molar-refractivity contribution < 1.29 is 0 Å². The van der Waals surface area contributed by atoms with Crippen LogP contribution in [0.15, 0.2) is 6.07 Å². The van der Waals surface area contributed by atoms with E-state index in [4.69, 9.17) is 0 Å². The third kappa shape index (κ3) is 1.38. The second-order valence-electron chi connectivity index (χ2n) is 4.35. The van der Waals surface area contributed by atoms with Crippen LogP contribution >= 0.6 is 0 Å². The first-order chi connectivity index (χ1) is 7.40. The van der Waals surface area contributed by atoms with E-state index in [1.54, 1.807) is 0 Å². The van der Waals surface area contributed by atoms with Crippen LogP contribution in [0.25, 0.3) is 0 Å². The molecule has 3 aliphatic rings. The van der Waals surface area contributed by atoms with Gasteiger partial charge >= 0.3 is 0 Å². The van der Waals surface area contributed by atoms with Gasteiger partial charge < -0.3 is 14.7 Å². The molecule has 0 spiro atoms. The molecule has 0 N–H and O–H groups in total. The fourth-order valence-corrected chi connectivity index (χ4v) is 1.68. The maximum Gasteiger partial charge on any atom is 0.229 e. The molecule has 0 atom stereocenters. The van der Waals surface area contributed by atoms with Crippen molar-refractivity contribution in [3.8, 4) is 0 Å². The van der Waals surface area contributed by atoms with Crippen LogP contribution in [-0.4, -0.2) is 49.2 Å². The van der Waals surface area contributed by atoms with E-state index in [9.17, 15) is 0 Å². The van der Waals surface area contributed by atoms with Gasteiger partial charge in [-0.3, -0.25) is 0 Å². The van der Waals surface area contributed by atoms with Gasteiger partial charge in [0.05, 0.1) is 0 Å². The highest BCUT2D eigenvalue weighted by Crippen LogP contribution is 2.30. The maximum atomic E-state index is 4.58. The highest BCUT2D eigenvalue weighted by atomic mass is 15.4. The summed E-state index contributed by atoms with van der Waals surface area (Å²) in [6, 6.07) is 2.12. The Labute approximate surface area is 88.3 Å². The first-order valence-corrected chi connectivity index (χ1v) is 5.54. The van der Waals surface area contributed by atoms with E-state index < -0.39 is 0 Å². The van der Waals surface area contributed by atoms with Gasteiger partial charge in [0.15, 0.2) is 0 Å². The van der Waals surface area contributed by atoms with Crippen LogP contribution < -0.4 is 14.7 Å². The van der Waals surface area contributed by atoms with Gasteiger partial charge in [-0.25, -0.2) is 0 Å². The van der Waals surface area contributed by atoms with E-state index >= 15 is 0 Å². The number of hydrogen-bond acceptors (Lipinski definition) is 5. The number of aromatic nitrogens is 2. The average Bonchev–Trinajstić information content (AvgIpc) is 3.20. The van der Waals surface area contributed by atoms with Crippen molar-refractivity contribution >= 4 is 17.6 Å². The highest BCUT2D eigenvalue weighted by Gasteiger charge is 2.29. The van der Waals surface area contributed by atoms with Gasteiger partial charge in [-0.15, -0.1) is 0 Å². The second kappa shape index (κ2) is 2.53. The molecule has 78 valence electrons. The van der Waals surface area contributed by atoms with Crippen LogP contribution in [0.2, 0.25) is 0 Å². The normalized spacial score (nSPS) is 22.0. The van der Waals surface area contributed by atoms with Crippen LogP contribution in [-0.2, 0) is 0 Å². The minimum Gasteiger partial charge on any atom is -0.353 e. The quantitative estimate of drug-likeness (QED) is 0.643. The fraction of sp³-hybridized carbons (Fsp3) is 0.600. The Morgan fingerprint density at radius 1 is 0.733 bits per heavy atom. The molecule has 0 unspecified atom stereocenters. The van der Waals surface area contributed by atoms with Crippen molar-refractivity contribution in [2.75, 3.05) is 54.0 Å². The van der Waals surface area contributed by atoms with Gasteiger partial charge in [-0.05, 0) is 0 Å². The molecule has 1 aromatic heterocycles. The molecule has 1 aromatic rings. The summed E-state index contributed by atoms with van der Waals surface area (Å²) in [6.07, 6.45) is 0. The van der Waals surface area contributed by atoms with E-state index in [0.717, 1.165) is 56.9 Å². The maximum absolute atomic E-state index is 4.58. The summed E-state index contributed by atoms with van der Waals surface area (Å²) in [6.45, 7) is 6.82. The molecule has 4 rings (SSSR count). The van der Waals surface area contributed by atoms with Crippen LogP contribution in [0.5, 0.6) is 0 Å². The first-order valence-electron chi connectivity index (χ1n) is 5.54. The lowest BCUT2D eigenvalue weighted by Crippen LogP contribution is -2.06. The number of nitrogens with zero attached hydrogens (tertiary/aromatic N) is 5. The van der Waals surface area contributed by atoms with E-state index in [0.29, 0.717) is 0 Å². The Hall–Kier alpha value is -1.52. The van der Waals surface area contributed by atoms with Gasteiger partial charge in [0.25, 0.3) is 0 Å². The standard InChI is InChI=1S/C10H13N5/c1-2-13(1)8-7-9(14-3-4-14)12-10(11-8)15-5-6-15/h7H,1-6H2. The Balaban J connectivity index is 1.76. The van der Waals surface area contributed by atoms with Gasteiger partial charge in [0.2, 0.25) is 5.95 Å². The Morgan fingerprint density at radius 2 is 1.20 bits per heavy atom. The van der Waals surface area contributed by atoms with E-state index in [-0.39, 0.29) is 0 Å². The Bertz CT molecular complexity index is 332. The molecule has 0 aliphatic carbocycles. The largest absolute Gasteiger partial charge is 0.353 e.